The summed E-state index contributed by atoms with van der Waals surface area (Å²) in [6, 6.07) is 13.2. The van der Waals surface area contributed by atoms with Gasteiger partial charge in [0.25, 0.3) is 0 Å². The van der Waals surface area contributed by atoms with Gasteiger partial charge in [0.15, 0.2) is 0 Å². The third kappa shape index (κ3) is 4.34. The van der Waals surface area contributed by atoms with Gasteiger partial charge < -0.3 is 10.6 Å². The molecule has 0 unspecified atom stereocenters. The van der Waals surface area contributed by atoms with Crippen molar-refractivity contribution in [1.29, 1.82) is 0 Å². The molecule has 122 valence electrons. The zero-order chi connectivity index (χ0) is 16.9. The van der Waals surface area contributed by atoms with Gasteiger partial charge >= 0.3 is 0 Å². The Morgan fingerprint density at radius 2 is 1.79 bits per heavy atom. The van der Waals surface area contributed by atoms with Crippen molar-refractivity contribution in [1.82, 2.24) is 9.97 Å². The largest absolute Gasteiger partial charge is 0.366 e. The van der Waals surface area contributed by atoms with Crippen molar-refractivity contribution in [2.45, 2.75) is 6.54 Å². The van der Waals surface area contributed by atoms with E-state index in [1.807, 2.05) is 0 Å². The molecule has 7 heteroatoms. The van der Waals surface area contributed by atoms with Crippen LogP contribution in [0.3, 0.4) is 0 Å². The summed E-state index contributed by atoms with van der Waals surface area (Å²) in [6.07, 6.45) is 1.63. The Morgan fingerprint density at radius 1 is 1.00 bits per heavy atom. The molecule has 0 bridgehead atoms. The molecule has 0 fully saturated rings. The highest BCUT2D eigenvalue weighted by molar-refractivity contribution is 6.36. The second-order valence-corrected chi connectivity index (χ2v) is 5.84. The molecule has 0 saturated heterocycles. The van der Waals surface area contributed by atoms with Crippen LogP contribution in [0.4, 0.5) is 21.8 Å². The average molecular weight is 363 g/mol. The standard InChI is InChI=1S/C17H13Cl2FN4/c18-12-3-6-15(14(19)9-12)23-17-21-8-7-16(24-17)22-10-11-1-4-13(20)5-2-11/h1-9H,10H2,(H2,21,22,23,24). The number of rotatable bonds is 5. The molecule has 0 saturated carbocycles. The maximum Gasteiger partial charge on any atom is 0.229 e. The van der Waals surface area contributed by atoms with E-state index in [1.54, 1.807) is 42.6 Å². The number of aromatic nitrogens is 2. The van der Waals surface area contributed by atoms with E-state index in [-0.39, 0.29) is 5.82 Å². The Hall–Kier alpha value is -2.37. The molecule has 0 amide bonds. The number of halogens is 3. The molecule has 0 atom stereocenters. The summed E-state index contributed by atoms with van der Waals surface area (Å²) in [5, 5.41) is 7.24. The molecule has 3 rings (SSSR count). The molecule has 0 spiro atoms. The summed E-state index contributed by atoms with van der Waals surface area (Å²) in [5.41, 5.74) is 1.61. The van der Waals surface area contributed by atoms with Gasteiger partial charge in [-0.3, -0.25) is 0 Å². The second kappa shape index (κ2) is 7.47. The molecule has 4 nitrogen and oxygen atoms in total. The van der Waals surface area contributed by atoms with Crippen molar-refractivity contribution in [2.75, 3.05) is 10.6 Å². The Bertz CT molecular complexity index is 840. The summed E-state index contributed by atoms with van der Waals surface area (Å²) in [6.45, 7) is 0.526. The summed E-state index contributed by atoms with van der Waals surface area (Å²) >= 11 is 12.0. The van der Waals surface area contributed by atoms with Crippen molar-refractivity contribution in [2.24, 2.45) is 0 Å². The minimum absolute atomic E-state index is 0.257. The lowest BCUT2D eigenvalue weighted by Gasteiger charge is -2.09. The Balaban J connectivity index is 1.68. The molecule has 2 N–H and O–H groups in total. The monoisotopic (exact) mass is 362 g/mol. The first-order valence-corrected chi connectivity index (χ1v) is 7.89. The van der Waals surface area contributed by atoms with Gasteiger partial charge in [0, 0.05) is 17.8 Å². The highest BCUT2D eigenvalue weighted by Crippen LogP contribution is 2.27. The van der Waals surface area contributed by atoms with Crippen molar-refractivity contribution in [3.63, 3.8) is 0 Å². The maximum absolute atomic E-state index is 12.9. The number of nitrogens with zero attached hydrogens (tertiary/aromatic N) is 2. The SMILES string of the molecule is Fc1ccc(CNc2ccnc(Nc3ccc(Cl)cc3Cl)n2)cc1. The minimum atomic E-state index is -0.257. The van der Waals surface area contributed by atoms with Gasteiger partial charge in [-0.2, -0.15) is 4.98 Å². The summed E-state index contributed by atoms with van der Waals surface area (Å²) < 4.78 is 12.9. The van der Waals surface area contributed by atoms with Gasteiger partial charge in [-0.05, 0) is 42.0 Å². The number of anilines is 3. The van der Waals surface area contributed by atoms with Crippen LogP contribution in [0.1, 0.15) is 5.56 Å². The topological polar surface area (TPSA) is 49.8 Å². The van der Waals surface area contributed by atoms with Gasteiger partial charge in [0.2, 0.25) is 5.95 Å². The van der Waals surface area contributed by atoms with Crippen LogP contribution in [0.5, 0.6) is 0 Å². The van der Waals surface area contributed by atoms with Crippen LogP contribution < -0.4 is 10.6 Å². The maximum atomic E-state index is 12.9. The molecular formula is C17H13Cl2FN4. The fraction of sp³-hybridized carbons (Fsp3) is 0.0588. The van der Waals surface area contributed by atoms with Crippen LogP contribution in [0, 0.1) is 5.82 Å². The van der Waals surface area contributed by atoms with Gasteiger partial charge in [0.05, 0.1) is 10.7 Å². The fourth-order valence-electron chi connectivity index (χ4n) is 2.02. The van der Waals surface area contributed by atoms with Crippen LogP contribution in [-0.4, -0.2) is 9.97 Å². The number of hydrogen-bond donors (Lipinski definition) is 2. The molecule has 0 aliphatic carbocycles. The number of hydrogen-bond acceptors (Lipinski definition) is 4. The number of nitrogens with one attached hydrogen (secondary N) is 2. The van der Waals surface area contributed by atoms with E-state index in [4.69, 9.17) is 23.2 Å². The summed E-state index contributed by atoms with van der Waals surface area (Å²) in [5.74, 6) is 0.789. The van der Waals surface area contributed by atoms with E-state index in [9.17, 15) is 4.39 Å². The van der Waals surface area contributed by atoms with Crippen molar-refractivity contribution in [3.8, 4) is 0 Å². The van der Waals surface area contributed by atoms with Gasteiger partial charge in [-0.1, -0.05) is 35.3 Å². The molecule has 0 aliphatic rings. The van der Waals surface area contributed by atoms with Gasteiger partial charge in [0.1, 0.15) is 11.6 Å². The third-order valence-electron chi connectivity index (χ3n) is 3.22. The smallest absolute Gasteiger partial charge is 0.229 e. The fourth-order valence-corrected chi connectivity index (χ4v) is 2.48. The van der Waals surface area contributed by atoms with Crippen LogP contribution in [-0.2, 0) is 6.54 Å². The zero-order valence-corrected chi connectivity index (χ0v) is 13.9. The first-order valence-electron chi connectivity index (χ1n) is 7.13. The van der Waals surface area contributed by atoms with Crippen LogP contribution in [0.15, 0.2) is 54.7 Å². The lowest BCUT2D eigenvalue weighted by atomic mass is 10.2. The normalized spacial score (nSPS) is 10.5. The average Bonchev–Trinajstić information content (AvgIpc) is 2.57. The molecule has 0 radical (unpaired) electrons. The third-order valence-corrected chi connectivity index (χ3v) is 3.77. The number of benzene rings is 2. The Labute approximate surface area is 148 Å². The molecule has 1 aromatic heterocycles. The van der Waals surface area contributed by atoms with E-state index < -0.39 is 0 Å². The van der Waals surface area contributed by atoms with E-state index in [0.29, 0.717) is 34.0 Å². The van der Waals surface area contributed by atoms with E-state index in [2.05, 4.69) is 20.6 Å². The van der Waals surface area contributed by atoms with Gasteiger partial charge in [-0.25, -0.2) is 9.37 Å². The molecule has 3 aromatic rings. The predicted molar refractivity (Wildman–Crippen MR) is 95.5 cm³/mol. The van der Waals surface area contributed by atoms with Crippen molar-refractivity contribution < 1.29 is 4.39 Å². The molecular weight excluding hydrogens is 350 g/mol. The van der Waals surface area contributed by atoms with Crippen molar-refractivity contribution >= 4 is 40.7 Å². The Kier molecular flexibility index (Phi) is 5.13. The molecule has 24 heavy (non-hydrogen) atoms. The lowest BCUT2D eigenvalue weighted by Crippen LogP contribution is -2.04. The molecule has 2 aromatic carbocycles. The van der Waals surface area contributed by atoms with Crippen LogP contribution in [0.2, 0.25) is 10.0 Å². The first kappa shape index (κ1) is 16.5. The van der Waals surface area contributed by atoms with E-state index in [1.165, 1.54) is 12.1 Å². The lowest BCUT2D eigenvalue weighted by molar-refractivity contribution is 0.627. The van der Waals surface area contributed by atoms with E-state index in [0.717, 1.165) is 5.56 Å². The van der Waals surface area contributed by atoms with Crippen molar-refractivity contribution in [3.05, 3.63) is 76.2 Å². The summed E-state index contributed by atoms with van der Waals surface area (Å²) in [7, 11) is 0. The zero-order valence-electron chi connectivity index (χ0n) is 12.4. The first-order chi connectivity index (χ1) is 11.6. The predicted octanol–water partition coefficient (Wildman–Crippen LogP) is 5.28. The quantitative estimate of drug-likeness (QED) is 0.648. The molecule has 1 heterocycles. The van der Waals surface area contributed by atoms with Crippen LogP contribution >= 0.6 is 23.2 Å². The highest BCUT2D eigenvalue weighted by Gasteiger charge is 2.05. The van der Waals surface area contributed by atoms with Crippen LogP contribution in [0.25, 0.3) is 0 Å². The highest BCUT2D eigenvalue weighted by atomic mass is 35.5. The van der Waals surface area contributed by atoms with Gasteiger partial charge in [-0.15, -0.1) is 0 Å². The minimum Gasteiger partial charge on any atom is -0.366 e. The van der Waals surface area contributed by atoms with E-state index >= 15 is 0 Å². The molecule has 0 aliphatic heterocycles. The Morgan fingerprint density at radius 3 is 2.54 bits per heavy atom. The second-order valence-electron chi connectivity index (χ2n) is 4.99. The summed E-state index contributed by atoms with van der Waals surface area (Å²) in [4.78, 5) is 8.53.